The van der Waals surface area contributed by atoms with Crippen LogP contribution in [-0.2, 0) is 4.79 Å². The maximum atomic E-state index is 11.5. The number of nitrogens with one attached hydrogen (secondary N) is 2. The molecule has 1 saturated carbocycles. The predicted octanol–water partition coefficient (Wildman–Crippen LogP) is 1.27. The van der Waals surface area contributed by atoms with Gasteiger partial charge in [0, 0.05) is 5.25 Å². The zero-order chi connectivity index (χ0) is 13.0. The van der Waals surface area contributed by atoms with Gasteiger partial charge in [0.25, 0.3) is 0 Å². The molecule has 1 aliphatic rings. The highest BCUT2D eigenvalue weighted by atomic mass is 32.2. The van der Waals surface area contributed by atoms with Crippen LogP contribution in [0.15, 0.2) is 11.5 Å². The van der Waals surface area contributed by atoms with E-state index in [-0.39, 0.29) is 5.25 Å². The summed E-state index contributed by atoms with van der Waals surface area (Å²) in [5.74, 6) is -0.739. The summed E-state index contributed by atoms with van der Waals surface area (Å²) in [5.41, 5.74) is -0.756. The molecule has 0 aromatic carbocycles. The molecule has 1 fully saturated rings. The first-order valence-corrected chi connectivity index (χ1v) is 7.05. The molecule has 0 saturated heterocycles. The smallest absolute Gasteiger partial charge is 0.323 e. The number of aliphatic carboxylic acids is 1. The number of carboxylic acid groups (broad SMARTS) is 1. The topological polar surface area (TPSA) is 90.9 Å². The standard InChI is InChI=1S/C11H18N4O2S/c1-2-5-13-11(9(16)17)4-3-8(6-11)18-10-12-7-14-15-10/h7-8,13H,2-6H2,1H3,(H,16,17)(H,12,14,15). The average molecular weight is 270 g/mol. The zero-order valence-corrected chi connectivity index (χ0v) is 11.2. The Kier molecular flexibility index (Phi) is 4.23. The summed E-state index contributed by atoms with van der Waals surface area (Å²) < 4.78 is 0. The maximum absolute atomic E-state index is 11.5. The van der Waals surface area contributed by atoms with Gasteiger partial charge in [0.05, 0.1) is 0 Å². The van der Waals surface area contributed by atoms with Crippen molar-refractivity contribution in [2.75, 3.05) is 6.54 Å². The van der Waals surface area contributed by atoms with Crippen molar-refractivity contribution in [1.82, 2.24) is 20.5 Å². The van der Waals surface area contributed by atoms with Crippen LogP contribution < -0.4 is 5.32 Å². The highest BCUT2D eigenvalue weighted by Crippen LogP contribution is 2.39. The molecule has 2 atom stereocenters. The Balaban J connectivity index is 1.97. The first-order chi connectivity index (χ1) is 8.66. The number of rotatable bonds is 6. The van der Waals surface area contributed by atoms with Gasteiger partial charge in [0.2, 0.25) is 0 Å². The van der Waals surface area contributed by atoms with E-state index in [0.717, 1.165) is 24.5 Å². The summed E-state index contributed by atoms with van der Waals surface area (Å²) in [6.07, 6.45) is 4.60. The lowest BCUT2D eigenvalue weighted by Crippen LogP contribution is -2.50. The molecule has 7 heteroatoms. The Labute approximate surface area is 110 Å². The summed E-state index contributed by atoms with van der Waals surface area (Å²) >= 11 is 1.58. The third-order valence-electron chi connectivity index (χ3n) is 3.26. The van der Waals surface area contributed by atoms with E-state index < -0.39 is 11.5 Å². The maximum Gasteiger partial charge on any atom is 0.323 e. The van der Waals surface area contributed by atoms with Crippen LogP contribution in [0.4, 0.5) is 0 Å². The summed E-state index contributed by atoms with van der Waals surface area (Å²) in [6.45, 7) is 2.78. The molecule has 1 aliphatic carbocycles. The first-order valence-electron chi connectivity index (χ1n) is 6.17. The molecule has 100 valence electrons. The van der Waals surface area contributed by atoms with Crippen LogP contribution in [0.2, 0.25) is 0 Å². The van der Waals surface area contributed by atoms with E-state index in [1.54, 1.807) is 11.8 Å². The number of H-pyrrole nitrogens is 1. The van der Waals surface area contributed by atoms with Gasteiger partial charge in [-0.2, -0.15) is 5.10 Å². The van der Waals surface area contributed by atoms with Crippen LogP contribution in [0.25, 0.3) is 0 Å². The molecule has 0 radical (unpaired) electrons. The molecular weight excluding hydrogens is 252 g/mol. The van der Waals surface area contributed by atoms with Gasteiger partial charge in [0.1, 0.15) is 11.9 Å². The van der Waals surface area contributed by atoms with E-state index in [4.69, 9.17) is 0 Å². The van der Waals surface area contributed by atoms with Gasteiger partial charge >= 0.3 is 5.97 Å². The number of carboxylic acids is 1. The van der Waals surface area contributed by atoms with Gasteiger partial charge in [-0.25, -0.2) is 4.98 Å². The number of aromatic amines is 1. The second-order valence-electron chi connectivity index (χ2n) is 4.59. The monoisotopic (exact) mass is 270 g/mol. The highest BCUT2D eigenvalue weighted by molar-refractivity contribution is 7.99. The number of aromatic nitrogens is 3. The molecule has 0 bridgehead atoms. The number of hydrogen-bond donors (Lipinski definition) is 3. The second kappa shape index (κ2) is 5.71. The molecule has 1 aromatic heterocycles. The molecule has 18 heavy (non-hydrogen) atoms. The van der Waals surface area contributed by atoms with Crippen LogP contribution in [0, 0.1) is 0 Å². The Hall–Kier alpha value is -1.08. The van der Waals surface area contributed by atoms with Gasteiger partial charge < -0.3 is 10.4 Å². The Morgan fingerprint density at radius 2 is 2.61 bits per heavy atom. The van der Waals surface area contributed by atoms with E-state index in [0.29, 0.717) is 12.8 Å². The average Bonchev–Trinajstić information content (AvgIpc) is 2.97. The van der Waals surface area contributed by atoms with E-state index in [1.807, 2.05) is 6.92 Å². The third-order valence-corrected chi connectivity index (χ3v) is 4.42. The van der Waals surface area contributed by atoms with Crippen LogP contribution in [0.3, 0.4) is 0 Å². The van der Waals surface area contributed by atoms with E-state index in [2.05, 4.69) is 20.5 Å². The fourth-order valence-electron chi connectivity index (χ4n) is 2.30. The van der Waals surface area contributed by atoms with Crippen molar-refractivity contribution in [2.24, 2.45) is 0 Å². The summed E-state index contributed by atoms with van der Waals surface area (Å²) in [7, 11) is 0. The van der Waals surface area contributed by atoms with Crippen molar-refractivity contribution in [3.05, 3.63) is 6.33 Å². The largest absolute Gasteiger partial charge is 0.480 e. The predicted molar refractivity (Wildman–Crippen MR) is 68.5 cm³/mol. The van der Waals surface area contributed by atoms with Crippen LogP contribution in [-0.4, -0.2) is 43.6 Å². The lowest BCUT2D eigenvalue weighted by Gasteiger charge is -2.25. The van der Waals surface area contributed by atoms with Crippen LogP contribution in [0.5, 0.6) is 0 Å². The van der Waals surface area contributed by atoms with Gasteiger partial charge in [-0.3, -0.25) is 9.89 Å². The minimum Gasteiger partial charge on any atom is -0.480 e. The van der Waals surface area contributed by atoms with Crippen LogP contribution in [0.1, 0.15) is 32.6 Å². The molecule has 2 unspecified atom stereocenters. The van der Waals surface area contributed by atoms with Crippen molar-refractivity contribution < 1.29 is 9.90 Å². The van der Waals surface area contributed by atoms with Gasteiger partial charge in [-0.05, 0) is 32.2 Å². The van der Waals surface area contributed by atoms with Crippen LogP contribution >= 0.6 is 11.8 Å². The molecule has 2 rings (SSSR count). The summed E-state index contributed by atoms with van der Waals surface area (Å²) in [6, 6.07) is 0. The fraction of sp³-hybridized carbons (Fsp3) is 0.727. The van der Waals surface area contributed by atoms with Gasteiger partial charge in [0.15, 0.2) is 5.16 Å². The molecule has 1 aromatic rings. The molecule has 0 spiro atoms. The summed E-state index contributed by atoms with van der Waals surface area (Å²) in [4.78, 5) is 15.5. The number of carbonyl (C=O) groups is 1. The van der Waals surface area contributed by atoms with Crippen molar-refractivity contribution in [2.45, 2.75) is 48.6 Å². The third kappa shape index (κ3) is 2.84. The second-order valence-corrected chi connectivity index (χ2v) is 5.88. The van der Waals surface area contributed by atoms with Gasteiger partial charge in [-0.15, -0.1) is 0 Å². The highest BCUT2D eigenvalue weighted by Gasteiger charge is 2.45. The Morgan fingerprint density at radius 3 is 3.22 bits per heavy atom. The molecule has 0 amide bonds. The van der Waals surface area contributed by atoms with Crippen molar-refractivity contribution in [3.63, 3.8) is 0 Å². The summed E-state index contributed by atoms with van der Waals surface area (Å²) in [5, 5.41) is 20.3. The number of hydrogen-bond acceptors (Lipinski definition) is 5. The molecular formula is C11H18N4O2S. The quantitative estimate of drug-likeness (QED) is 0.721. The fourth-order valence-corrected chi connectivity index (χ4v) is 3.44. The molecule has 1 heterocycles. The van der Waals surface area contributed by atoms with Crippen molar-refractivity contribution in [3.8, 4) is 0 Å². The van der Waals surface area contributed by atoms with E-state index >= 15 is 0 Å². The van der Waals surface area contributed by atoms with Crippen molar-refractivity contribution >= 4 is 17.7 Å². The Morgan fingerprint density at radius 1 is 1.78 bits per heavy atom. The first kappa shape index (κ1) is 13.4. The Bertz CT molecular complexity index is 398. The van der Waals surface area contributed by atoms with Crippen molar-refractivity contribution in [1.29, 1.82) is 0 Å². The molecule has 6 nitrogen and oxygen atoms in total. The van der Waals surface area contributed by atoms with E-state index in [9.17, 15) is 9.90 Å². The zero-order valence-electron chi connectivity index (χ0n) is 10.3. The lowest BCUT2D eigenvalue weighted by molar-refractivity contribution is -0.144. The molecule has 3 N–H and O–H groups in total. The van der Waals surface area contributed by atoms with E-state index in [1.165, 1.54) is 6.33 Å². The number of thioether (sulfide) groups is 1. The SMILES string of the molecule is CCCNC1(C(=O)O)CCC(Sc2ncn[nH]2)C1. The lowest BCUT2D eigenvalue weighted by atomic mass is 9.98. The van der Waals surface area contributed by atoms with Gasteiger partial charge in [-0.1, -0.05) is 18.7 Å². The minimum absolute atomic E-state index is 0.276. The molecule has 0 aliphatic heterocycles. The normalized spacial score (nSPS) is 27.5. The number of nitrogens with zero attached hydrogens (tertiary/aromatic N) is 2. The minimum atomic E-state index is -0.756.